The van der Waals surface area contributed by atoms with Gasteiger partial charge < -0.3 is 15.1 Å². The maximum Gasteiger partial charge on any atom is 0.407 e. The molecule has 98 valence electrons. The zero-order chi connectivity index (χ0) is 13.1. The van der Waals surface area contributed by atoms with Crippen molar-refractivity contribution in [2.45, 2.75) is 18.9 Å². The molecule has 0 spiro atoms. The number of piperidine rings is 1. The lowest BCUT2D eigenvalue weighted by Crippen LogP contribution is -2.38. The van der Waals surface area contributed by atoms with Gasteiger partial charge in [0.05, 0.1) is 6.10 Å². The predicted octanol–water partition coefficient (Wildman–Crippen LogP) is 2.25. The lowest BCUT2D eigenvalue weighted by Gasteiger charge is -2.32. The second kappa shape index (κ2) is 5.35. The number of carbonyl (C=O) groups is 1. The van der Waals surface area contributed by atoms with Gasteiger partial charge in [-0.1, -0.05) is 12.1 Å². The summed E-state index contributed by atoms with van der Waals surface area (Å²) in [5, 5.41) is 19.0. The van der Waals surface area contributed by atoms with Crippen molar-refractivity contribution < 1.29 is 19.4 Å². The Balaban J connectivity index is 1.97. The van der Waals surface area contributed by atoms with Crippen LogP contribution in [0.15, 0.2) is 24.3 Å². The SMILES string of the molecule is O=C(O)N1CCC(C(O)c2ccc(F)cc2)CC1. The van der Waals surface area contributed by atoms with E-state index in [0.717, 1.165) is 0 Å². The third-order valence-electron chi connectivity index (χ3n) is 3.47. The Labute approximate surface area is 105 Å². The molecule has 1 aromatic carbocycles. The minimum atomic E-state index is -0.912. The first-order chi connectivity index (χ1) is 8.58. The standard InChI is InChI=1S/C13H16FNO3/c14-11-3-1-9(2-4-11)12(16)10-5-7-15(8-6-10)13(17)18/h1-4,10,12,16H,5-8H2,(H,17,18). The molecule has 2 N–H and O–H groups in total. The third-order valence-corrected chi connectivity index (χ3v) is 3.47. The topological polar surface area (TPSA) is 60.8 Å². The fourth-order valence-corrected chi connectivity index (χ4v) is 2.34. The van der Waals surface area contributed by atoms with E-state index in [0.29, 0.717) is 31.5 Å². The molecule has 1 fully saturated rings. The molecule has 1 aliphatic heterocycles. The average molecular weight is 253 g/mol. The predicted molar refractivity (Wildman–Crippen MR) is 63.7 cm³/mol. The number of aliphatic hydroxyl groups is 1. The minimum absolute atomic E-state index is 0.0334. The fraction of sp³-hybridized carbons (Fsp3) is 0.462. The number of likely N-dealkylation sites (tertiary alicyclic amines) is 1. The molecule has 1 unspecified atom stereocenters. The molecule has 1 heterocycles. The fourth-order valence-electron chi connectivity index (χ4n) is 2.34. The zero-order valence-electron chi connectivity index (χ0n) is 9.92. The Morgan fingerprint density at radius 1 is 1.28 bits per heavy atom. The highest BCUT2D eigenvalue weighted by Gasteiger charge is 2.27. The summed E-state index contributed by atoms with van der Waals surface area (Å²) >= 11 is 0. The Bertz CT molecular complexity index is 413. The van der Waals surface area contributed by atoms with Crippen molar-refractivity contribution in [1.29, 1.82) is 0 Å². The smallest absolute Gasteiger partial charge is 0.407 e. The first kappa shape index (κ1) is 12.8. The van der Waals surface area contributed by atoms with Gasteiger partial charge in [0.1, 0.15) is 5.82 Å². The second-order valence-electron chi connectivity index (χ2n) is 4.60. The summed E-state index contributed by atoms with van der Waals surface area (Å²) in [6, 6.07) is 5.79. The molecule has 5 heteroatoms. The summed E-state index contributed by atoms with van der Waals surface area (Å²) in [6.45, 7) is 0.885. The summed E-state index contributed by atoms with van der Waals surface area (Å²) in [6.07, 6.45) is -0.304. The van der Waals surface area contributed by atoms with E-state index in [4.69, 9.17) is 5.11 Å². The van der Waals surface area contributed by atoms with E-state index in [-0.39, 0.29) is 11.7 Å². The monoisotopic (exact) mass is 253 g/mol. The van der Waals surface area contributed by atoms with Crippen molar-refractivity contribution in [2.24, 2.45) is 5.92 Å². The van der Waals surface area contributed by atoms with Gasteiger partial charge in [0, 0.05) is 13.1 Å². The number of rotatable bonds is 2. The van der Waals surface area contributed by atoms with Gasteiger partial charge in [-0.05, 0) is 36.5 Å². The Morgan fingerprint density at radius 3 is 2.33 bits per heavy atom. The number of carboxylic acid groups (broad SMARTS) is 1. The van der Waals surface area contributed by atoms with E-state index in [1.807, 2.05) is 0 Å². The highest BCUT2D eigenvalue weighted by Crippen LogP contribution is 2.30. The van der Waals surface area contributed by atoms with Gasteiger partial charge in [0.25, 0.3) is 0 Å². The van der Waals surface area contributed by atoms with Crippen LogP contribution in [0.4, 0.5) is 9.18 Å². The van der Waals surface area contributed by atoms with Crippen LogP contribution in [0.25, 0.3) is 0 Å². The first-order valence-electron chi connectivity index (χ1n) is 5.99. The molecule has 1 saturated heterocycles. The van der Waals surface area contributed by atoms with Gasteiger partial charge in [-0.2, -0.15) is 0 Å². The van der Waals surface area contributed by atoms with E-state index in [1.54, 1.807) is 12.1 Å². The van der Waals surface area contributed by atoms with Crippen molar-refractivity contribution in [3.63, 3.8) is 0 Å². The van der Waals surface area contributed by atoms with Gasteiger partial charge in [0.2, 0.25) is 0 Å². The van der Waals surface area contributed by atoms with Crippen LogP contribution >= 0.6 is 0 Å². The number of benzene rings is 1. The number of amides is 1. The lowest BCUT2D eigenvalue weighted by molar-refractivity contribution is 0.0574. The summed E-state index contributed by atoms with van der Waals surface area (Å²) in [7, 11) is 0. The van der Waals surface area contributed by atoms with Gasteiger partial charge >= 0.3 is 6.09 Å². The summed E-state index contributed by atoms with van der Waals surface area (Å²) in [4.78, 5) is 12.1. The Hall–Kier alpha value is -1.62. The van der Waals surface area contributed by atoms with Crippen LogP contribution in [-0.4, -0.2) is 34.3 Å². The van der Waals surface area contributed by atoms with E-state index < -0.39 is 12.2 Å². The van der Waals surface area contributed by atoms with Crippen LogP contribution in [0.1, 0.15) is 24.5 Å². The van der Waals surface area contributed by atoms with Crippen LogP contribution in [-0.2, 0) is 0 Å². The second-order valence-corrected chi connectivity index (χ2v) is 4.60. The quantitative estimate of drug-likeness (QED) is 0.849. The van der Waals surface area contributed by atoms with Crippen molar-refractivity contribution in [3.8, 4) is 0 Å². The molecule has 1 atom stereocenters. The normalized spacial score (nSPS) is 18.7. The van der Waals surface area contributed by atoms with Crippen molar-refractivity contribution in [2.75, 3.05) is 13.1 Å². The molecule has 1 aliphatic rings. The van der Waals surface area contributed by atoms with Crippen molar-refractivity contribution in [3.05, 3.63) is 35.6 Å². The van der Waals surface area contributed by atoms with Crippen LogP contribution in [0.3, 0.4) is 0 Å². The number of halogens is 1. The van der Waals surface area contributed by atoms with Crippen LogP contribution < -0.4 is 0 Å². The van der Waals surface area contributed by atoms with Crippen molar-refractivity contribution >= 4 is 6.09 Å². The molecular formula is C13H16FNO3. The van der Waals surface area contributed by atoms with E-state index >= 15 is 0 Å². The molecule has 18 heavy (non-hydrogen) atoms. The van der Waals surface area contributed by atoms with Crippen molar-refractivity contribution in [1.82, 2.24) is 4.90 Å². The molecule has 1 aromatic rings. The van der Waals surface area contributed by atoms with Gasteiger partial charge in [-0.25, -0.2) is 9.18 Å². The third kappa shape index (κ3) is 2.79. The number of nitrogens with zero attached hydrogens (tertiary/aromatic N) is 1. The summed E-state index contributed by atoms with van der Waals surface area (Å²) in [5.74, 6) is -0.294. The molecule has 2 rings (SSSR count). The van der Waals surface area contributed by atoms with E-state index in [2.05, 4.69) is 0 Å². The van der Waals surface area contributed by atoms with Crippen LogP contribution in [0.5, 0.6) is 0 Å². The summed E-state index contributed by atoms with van der Waals surface area (Å²) < 4.78 is 12.8. The highest BCUT2D eigenvalue weighted by molar-refractivity contribution is 5.64. The molecule has 0 aliphatic carbocycles. The van der Waals surface area contributed by atoms with Gasteiger partial charge in [-0.15, -0.1) is 0 Å². The molecule has 0 radical (unpaired) electrons. The largest absolute Gasteiger partial charge is 0.465 e. The maximum atomic E-state index is 12.8. The van der Waals surface area contributed by atoms with E-state index in [1.165, 1.54) is 17.0 Å². The lowest BCUT2D eigenvalue weighted by atomic mass is 9.87. The van der Waals surface area contributed by atoms with Crippen LogP contribution in [0.2, 0.25) is 0 Å². The molecular weight excluding hydrogens is 237 g/mol. The Kier molecular flexibility index (Phi) is 3.81. The first-order valence-corrected chi connectivity index (χ1v) is 5.99. The molecule has 1 amide bonds. The highest BCUT2D eigenvalue weighted by atomic mass is 19.1. The summed E-state index contributed by atoms with van der Waals surface area (Å²) in [5.41, 5.74) is 0.685. The number of hydrogen-bond acceptors (Lipinski definition) is 2. The molecule has 4 nitrogen and oxygen atoms in total. The minimum Gasteiger partial charge on any atom is -0.465 e. The molecule has 0 bridgehead atoms. The Morgan fingerprint density at radius 2 is 1.83 bits per heavy atom. The number of hydrogen-bond donors (Lipinski definition) is 2. The number of aliphatic hydroxyl groups excluding tert-OH is 1. The van der Waals surface area contributed by atoms with Crippen LogP contribution in [0, 0.1) is 11.7 Å². The van der Waals surface area contributed by atoms with Gasteiger partial charge in [-0.3, -0.25) is 0 Å². The molecule has 0 saturated carbocycles. The zero-order valence-corrected chi connectivity index (χ0v) is 9.92. The van der Waals surface area contributed by atoms with Gasteiger partial charge in [0.15, 0.2) is 0 Å². The van der Waals surface area contributed by atoms with E-state index in [9.17, 15) is 14.3 Å². The average Bonchev–Trinajstić information content (AvgIpc) is 2.39. The molecule has 0 aromatic heterocycles. The maximum absolute atomic E-state index is 12.8.